The summed E-state index contributed by atoms with van der Waals surface area (Å²) in [5.41, 5.74) is 3.34. The van der Waals surface area contributed by atoms with Crippen molar-refractivity contribution < 1.29 is 10.0 Å². The molecule has 8 heteroatoms. The van der Waals surface area contributed by atoms with Gasteiger partial charge in [0.2, 0.25) is 0 Å². The third-order valence-corrected chi connectivity index (χ3v) is 5.46. The molecule has 0 aliphatic heterocycles. The molecule has 0 fully saturated rings. The van der Waals surface area contributed by atoms with Crippen LogP contribution in [-0.4, -0.2) is 53.1 Å². The average molecular weight is 425 g/mol. The highest BCUT2D eigenvalue weighted by molar-refractivity contribution is 7.99. The summed E-state index contributed by atoms with van der Waals surface area (Å²) in [4.78, 5) is 14.7. The van der Waals surface area contributed by atoms with Gasteiger partial charge in [0, 0.05) is 29.8 Å². The Kier molecular flexibility index (Phi) is 12.6. The largest absolute Gasteiger partial charge is 0.362 e. The molecule has 28 heavy (non-hydrogen) atoms. The molecule has 0 heterocycles. The van der Waals surface area contributed by atoms with Crippen molar-refractivity contribution in [1.29, 1.82) is 0 Å². The fourth-order valence-corrected chi connectivity index (χ4v) is 3.66. The lowest BCUT2D eigenvalue weighted by molar-refractivity contribution is -0.124. The Hall–Kier alpha value is -1.61. The summed E-state index contributed by atoms with van der Waals surface area (Å²) in [6.07, 6.45) is 5.10. The highest BCUT2D eigenvalue weighted by atomic mass is 32.2. The van der Waals surface area contributed by atoms with E-state index in [2.05, 4.69) is 36.3 Å². The molecular weight excluding hydrogens is 392 g/mol. The number of carbonyl (C=O) groups is 1. The van der Waals surface area contributed by atoms with Gasteiger partial charge < -0.3 is 15.5 Å². The smallest absolute Gasteiger partial charge is 0.267 e. The fourth-order valence-electron chi connectivity index (χ4n) is 2.45. The van der Waals surface area contributed by atoms with E-state index in [-0.39, 0.29) is 0 Å². The first-order chi connectivity index (χ1) is 13.5. The summed E-state index contributed by atoms with van der Waals surface area (Å²) in [6.45, 7) is 10.4. The van der Waals surface area contributed by atoms with Gasteiger partial charge in [0.05, 0.1) is 5.69 Å². The zero-order valence-corrected chi connectivity index (χ0v) is 18.6. The van der Waals surface area contributed by atoms with Crippen molar-refractivity contribution in [2.24, 2.45) is 0 Å². The van der Waals surface area contributed by atoms with Crippen molar-refractivity contribution in [2.75, 3.05) is 37.2 Å². The van der Waals surface area contributed by atoms with E-state index in [0.717, 1.165) is 60.9 Å². The lowest BCUT2D eigenvalue weighted by atomic mass is 10.2. The Morgan fingerprint density at radius 2 is 2.04 bits per heavy atom. The van der Waals surface area contributed by atoms with Crippen molar-refractivity contribution in [3.63, 3.8) is 0 Å². The van der Waals surface area contributed by atoms with Gasteiger partial charge >= 0.3 is 0 Å². The highest BCUT2D eigenvalue weighted by Crippen LogP contribution is 2.29. The number of hydrogen-bond acceptors (Lipinski definition) is 5. The molecule has 0 radical (unpaired) electrons. The standard InChI is InChI=1S/C20H32N4O2S2/c1-4-7-12-21-20(27)22-17-15-16(9-11-19(25)23-26)8-10-18(17)28-14-13-24(5-2)6-3/h8-11,15,26H,4-7,12-14H2,1-3H3,(H,23,25)(H2,21,22,27)/b11-9+. The number of carbonyl (C=O) groups excluding carboxylic acids is 1. The van der Waals surface area contributed by atoms with Crippen LogP contribution in [0.1, 0.15) is 39.2 Å². The topological polar surface area (TPSA) is 76.6 Å². The molecule has 0 aliphatic rings. The fraction of sp³-hybridized carbons (Fsp3) is 0.500. The molecule has 0 atom stereocenters. The van der Waals surface area contributed by atoms with Crippen LogP contribution in [0, 0.1) is 0 Å². The molecule has 1 aromatic carbocycles. The summed E-state index contributed by atoms with van der Waals surface area (Å²) >= 11 is 7.19. The van der Waals surface area contributed by atoms with Gasteiger partial charge in [0.1, 0.15) is 0 Å². The Morgan fingerprint density at radius 1 is 1.29 bits per heavy atom. The van der Waals surface area contributed by atoms with Crippen LogP contribution in [0.3, 0.4) is 0 Å². The van der Waals surface area contributed by atoms with Crippen LogP contribution in [0.4, 0.5) is 5.69 Å². The summed E-state index contributed by atoms with van der Waals surface area (Å²) in [6, 6.07) is 5.93. The first-order valence-corrected chi connectivity index (χ1v) is 11.1. The van der Waals surface area contributed by atoms with Crippen LogP contribution < -0.4 is 16.1 Å². The summed E-state index contributed by atoms with van der Waals surface area (Å²) in [5.74, 6) is 0.415. The molecule has 0 unspecified atom stereocenters. The number of thiocarbonyl (C=S) groups is 1. The Morgan fingerprint density at radius 3 is 2.68 bits per heavy atom. The van der Waals surface area contributed by atoms with Gasteiger partial charge in [-0.15, -0.1) is 11.8 Å². The first kappa shape index (κ1) is 24.4. The summed E-state index contributed by atoms with van der Waals surface area (Å²) in [5, 5.41) is 15.7. The van der Waals surface area contributed by atoms with Crippen LogP contribution in [0.2, 0.25) is 0 Å². The second-order valence-corrected chi connectivity index (χ2v) is 7.72. The van der Waals surface area contributed by atoms with E-state index in [1.54, 1.807) is 23.3 Å². The first-order valence-electron chi connectivity index (χ1n) is 9.70. The van der Waals surface area contributed by atoms with Crippen LogP contribution >= 0.6 is 24.0 Å². The monoisotopic (exact) mass is 424 g/mol. The maximum Gasteiger partial charge on any atom is 0.267 e. The third-order valence-electron chi connectivity index (χ3n) is 4.16. The SMILES string of the molecule is CCCCNC(=S)Nc1cc(/C=C/C(=O)NO)ccc1SCCN(CC)CC. The van der Waals surface area contributed by atoms with Crippen molar-refractivity contribution in [2.45, 2.75) is 38.5 Å². The van der Waals surface area contributed by atoms with E-state index in [4.69, 9.17) is 17.4 Å². The zero-order valence-electron chi connectivity index (χ0n) is 17.0. The maximum absolute atomic E-state index is 11.2. The van der Waals surface area contributed by atoms with Crippen LogP contribution in [0.5, 0.6) is 0 Å². The Bertz CT molecular complexity index is 649. The van der Waals surface area contributed by atoms with E-state index < -0.39 is 5.91 Å². The molecule has 6 nitrogen and oxygen atoms in total. The van der Waals surface area contributed by atoms with Gasteiger partial charge in [0.25, 0.3) is 5.91 Å². The number of thioether (sulfide) groups is 1. The highest BCUT2D eigenvalue weighted by Gasteiger charge is 2.08. The van der Waals surface area contributed by atoms with Gasteiger partial charge in [-0.05, 0) is 55.5 Å². The van der Waals surface area contributed by atoms with Crippen molar-refractivity contribution >= 4 is 46.8 Å². The molecule has 4 N–H and O–H groups in total. The van der Waals surface area contributed by atoms with Crippen LogP contribution in [0.25, 0.3) is 6.08 Å². The third kappa shape index (κ3) is 9.54. The molecule has 0 aromatic heterocycles. The van der Waals surface area contributed by atoms with Crippen LogP contribution in [0.15, 0.2) is 29.2 Å². The minimum absolute atomic E-state index is 0.566. The lowest BCUT2D eigenvalue weighted by Crippen LogP contribution is -2.29. The zero-order chi connectivity index (χ0) is 20.8. The van der Waals surface area contributed by atoms with E-state index >= 15 is 0 Å². The summed E-state index contributed by atoms with van der Waals surface area (Å²) in [7, 11) is 0. The number of hydroxylamine groups is 1. The van der Waals surface area contributed by atoms with E-state index in [9.17, 15) is 4.79 Å². The number of nitrogens with zero attached hydrogens (tertiary/aromatic N) is 1. The minimum atomic E-state index is -0.566. The molecule has 1 aromatic rings. The number of amides is 1. The predicted octanol–water partition coefficient (Wildman–Crippen LogP) is 3.73. The van der Waals surface area contributed by atoms with Crippen LogP contribution in [-0.2, 0) is 4.79 Å². The lowest BCUT2D eigenvalue weighted by Gasteiger charge is -2.18. The van der Waals surface area contributed by atoms with Gasteiger partial charge in [-0.1, -0.05) is 33.3 Å². The maximum atomic E-state index is 11.2. The molecule has 0 aliphatic carbocycles. The number of anilines is 1. The van der Waals surface area contributed by atoms with Crippen molar-refractivity contribution in [3.05, 3.63) is 29.8 Å². The molecule has 1 rings (SSSR count). The molecule has 0 saturated carbocycles. The second kappa shape index (κ2) is 14.4. The predicted molar refractivity (Wildman–Crippen MR) is 123 cm³/mol. The van der Waals surface area contributed by atoms with Crippen molar-refractivity contribution in [1.82, 2.24) is 15.7 Å². The van der Waals surface area contributed by atoms with E-state index in [1.165, 1.54) is 6.08 Å². The number of benzene rings is 1. The molecule has 0 saturated heterocycles. The summed E-state index contributed by atoms with van der Waals surface area (Å²) < 4.78 is 0. The van der Waals surface area contributed by atoms with Gasteiger partial charge in [-0.2, -0.15) is 0 Å². The normalized spacial score (nSPS) is 11.0. The average Bonchev–Trinajstić information content (AvgIpc) is 2.70. The number of unbranched alkanes of at least 4 members (excludes halogenated alkanes) is 1. The van der Waals surface area contributed by atoms with Gasteiger partial charge in [-0.3, -0.25) is 10.0 Å². The Balaban J connectivity index is 2.87. The number of hydrogen-bond donors (Lipinski definition) is 4. The minimum Gasteiger partial charge on any atom is -0.362 e. The molecular formula is C20H32N4O2S2. The Labute approximate surface area is 178 Å². The molecule has 156 valence electrons. The molecule has 1 amide bonds. The molecule has 0 spiro atoms. The number of rotatable bonds is 12. The quantitative estimate of drug-likeness (QED) is 0.102. The second-order valence-electron chi connectivity index (χ2n) is 6.17. The molecule has 0 bridgehead atoms. The van der Waals surface area contributed by atoms with Gasteiger partial charge in [0.15, 0.2) is 5.11 Å². The number of nitrogens with one attached hydrogen (secondary N) is 3. The van der Waals surface area contributed by atoms with Gasteiger partial charge in [-0.25, -0.2) is 5.48 Å². The van der Waals surface area contributed by atoms with E-state index in [0.29, 0.717) is 5.11 Å². The van der Waals surface area contributed by atoms with Crippen molar-refractivity contribution in [3.8, 4) is 0 Å². The van der Waals surface area contributed by atoms with E-state index in [1.807, 2.05) is 18.2 Å².